The van der Waals surface area contributed by atoms with E-state index < -0.39 is 5.76 Å². The van der Waals surface area contributed by atoms with Crippen LogP contribution in [-0.2, 0) is 13.6 Å². The van der Waals surface area contributed by atoms with Gasteiger partial charge in [-0.05, 0) is 19.2 Å². The van der Waals surface area contributed by atoms with Gasteiger partial charge in [-0.2, -0.15) is 0 Å². The molecule has 0 fully saturated rings. The molecule has 98 valence electrons. The molecule has 0 bridgehead atoms. The first-order chi connectivity index (χ1) is 9.19. The minimum atomic E-state index is -0.441. The van der Waals surface area contributed by atoms with Gasteiger partial charge in [0.15, 0.2) is 5.58 Å². The van der Waals surface area contributed by atoms with Crippen LogP contribution in [0.4, 0.5) is 0 Å². The number of fused-ring (bicyclic) bond motifs is 1. The molecule has 0 radical (unpaired) electrons. The minimum Gasteiger partial charge on any atom is -0.408 e. The van der Waals surface area contributed by atoms with E-state index in [0.717, 1.165) is 23.5 Å². The Morgan fingerprint density at radius 2 is 2.32 bits per heavy atom. The van der Waals surface area contributed by atoms with Gasteiger partial charge in [-0.3, -0.25) is 4.98 Å². The van der Waals surface area contributed by atoms with Crippen molar-refractivity contribution in [3.8, 4) is 11.3 Å². The number of aromatic amines is 1. The Hall–Kier alpha value is -2.34. The van der Waals surface area contributed by atoms with E-state index in [0.29, 0.717) is 11.1 Å². The summed E-state index contributed by atoms with van der Waals surface area (Å²) in [4.78, 5) is 18.2. The number of imidazole rings is 1. The number of aromatic nitrogens is 3. The van der Waals surface area contributed by atoms with Gasteiger partial charge in [-0.25, -0.2) is 9.78 Å². The SMILES string of the molecule is CNCc1c(-c2ccc3[nH]c(=O)oc3c2)ncn1C. The molecule has 0 saturated heterocycles. The summed E-state index contributed by atoms with van der Waals surface area (Å²) in [5, 5.41) is 3.12. The molecule has 0 amide bonds. The second-order valence-electron chi connectivity index (χ2n) is 4.41. The Morgan fingerprint density at radius 3 is 3.11 bits per heavy atom. The zero-order valence-electron chi connectivity index (χ0n) is 10.7. The molecule has 2 N–H and O–H groups in total. The number of H-pyrrole nitrogens is 1. The molecule has 0 unspecified atom stereocenters. The van der Waals surface area contributed by atoms with Gasteiger partial charge < -0.3 is 14.3 Å². The van der Waals surface area contributed by atoms with Crippen molar-refractivity contribution < 1.29 is 4.42 Å². The molecule has 0 aliphatic carbocycles. The van der Waals surface area contributed by atoms with E-state index in [2.05, 4.69) is 15.3 Å². The second-order valence-corrected chi connectivity index (χ2v) is 4.41. The van der Waals surface area contributed by atoms with E-state index in [1.54, 1.807) is 6.33 Å². The van der Waals surface area contributed by atoms with Gasteiger partial charge in [-0.1, -0.05) is 6.07 Å². The molecule has 19 heavy (non-hydrogen) atoms. The Bertz CT molecular complexity index is 781. The molecule has 3 rings (SSSR count). The second kappa shape index (κ2) is 4.40. The normalized spacial score (nSPS) is 11.3. The molecule has 2 aromatic heterocycles. The highest BCUT2D eigenvalue weighted by atomic mass is 16.4. The van der Waals surface area contributed by atoms with Crippen LogP contribution in [0.15, 0.2) is 33.7 Å². The highest BCUT2D eigenvalue weighted by molar-refractivity contribution is 5.79. The molecule has 6 heteroatoms. The quantitative estimate of drug-likeness (QED) is 0.741. The molecule has 3 aromatic rings. The predicted molar refractivity (Wildman–Crippen MR) is 71.8 cm³/mol. The molecular formula is C13H14N4O2. The number of nitrogens with zero attached hydrogens (tertiary/aromatic N) is 2. The molecule has 0 saturated carbocycles. The van der Waals surface area contributed by atoms with Crippen LogP contribution in [0.2, 0.25) is 0 Å². The van der Waals surface area contributed by atoms with E-state index in [4.69, 9.17) is 4.42 Å². The van der Waals surface area contributed by atoms with Crippen LogP contribution in [0.5, 0.6) is 0 Å². The average Bonchev–Trinajstić information content (AvgIpc) is 2.92. The standard InChI is InChI=1S/C13H14N4O2/c1-14-6-10-12(15-7-17(10)2)8-3-4-9-11(5-8)19-13(18)16-9/h3-5,7,14H,6H2,1-2H3,(H,16,18). The largest absolute Gasteiger partial charge is 0.417 e. The van der Waals surface area contributed by atoms with Crippen molar-refractivity contribution in [1.29, 1.82) is 0 Å². The van der Waals surface area contributed by atoms with Crippen molar-refractivity contribution in [2.24, 2.45) is 7.05 Å². The van der Waals surface area contributed by atoms with Gasteiger partial charge >= 0.3 is 5.76 Å². The molecule has 2 heterocycles. The van der Waals surface area contributed by atoms with Crippen molar-refractivity contribution >= 4 is 11.1 Å². The van der Waals surface area contributed by atoms with Crippen molar-refractivity contribution in [3.63, 3.8) is 0 Å². The van der Waals surface area contributed by atoms with Gasteiger partial charge in [0.25, 0.3) is 0 Å². The van der Waals surface area contributed by atoms with E-state index in [1.807, 2.05) is 36.9 Å². The predicted octanol–water partition coefficient (Wildman–Crippen LogP) is 1.24. The maximum absolute atomic E-state index is 11.2. The Labute approximate surface area is 109 Å². The summed E-state index contributed by atoms with van der Waals surface area (Å²) in [6, 6.07) is 5.58. The number of oxazole rings is 1. The molecule has 1 aromatic carbocycles. The summed E-state index contributed by atoms with van der Waals surface area (Å²) in [6.45, 7) is 0.723. The smallest absolute Gasteiger partial charge is 0.408 e. The highest BCUT2D eigenvalue weighted by Gasteiger charge is 2.12. The van der Waals surface area contributed by atoms with Crippen LogP contribution in [-0.4, -0.2) is 21.6 Å². The average molecular weight is 258 g/mol. The van der Waals surface area contributed by atoms with Crippen LogP contribution in [0.1, 0.15) is 5.69 Å². The molecule has 6 nitrogen and oxygen atoms in total. The van der Waals surface area contributed by atoms with Crippen LogP contribution in [0.3, 0.4) is 0 Å². The summed E-state index contributed by atoms with van der Waals surface area (Å²) >= 11 is 0. The zero-order chi connectivity index (χ0) is 13.4. The van der Waals surface area contributed by atoms with E-state index in [-0.39, 0.29) is 0 Å². The molecular weight excluding hydrogens is 244 g/mol. The monoisotopic (exact) mass is 258 g/mol. The highest BCUT2D eigenvalue weighted by Crippen LogP contribution is 2.24. The topological polar surface area (TPSA) is 75.8 Å². The number of aryl methyl sites for hydroxylation is 1. The first-order valence-electron chi connectivity index (χ1n) is 5.97. The Morgan fingerprint density at radius 1 is 1.47 bits per heavy atom. The fraction of sp³-hybridized carbons (Fsp3) is 0.231. The van der Waals surface area contributed by atoms with Gasteiger partial charge in [-0.15, -0.1) is 0 Å². The summed E-state index contributed by atoms with van der Waals surface area (Å²) in [5.41, 5.74) is 4.15. The summed E-state index contributed by atoms with van der Waals surface area (Å²) in [7, 11) is 3.85. The van der Waals surface area contributed by atoms with E-state index in [9.17, 15) is 4.79 Å². The molecule has 0 atom stereocenters. The molecule has 0 aliphatic heterocycles. The summed E-state index contributed by atoms with van der Waals surface area (Å²) in [5.74, 6) is -0.441. The van der Waals surface area contributed by atoms with Crippen molar-refractivity contribution in [2.45, 2.75) is 6.54 Å². The zero-order valence-corrected chi connectivity index (χ0v) is 10.7. The number of rotatable bonds is 3. The summed E-state index contributed by atoms with van der Waals surface area (Å²) < 4.78 is 7.05. The van der Waals surface area contributed by atoms with Gasteiger partial charge in [0.1, 0.15) is 0 Å². The third-order valence-corrected chi connectivity index (χ3v) is 3.10. The fourth-order valence-electron chi connectivity index (χ4n) is 2.17. The van der Waals surface area contributed by atoms with Gasteiger partial charge in [0.05, 0.1) is 23.2 Å². The minimum absolute atomic E-state index is 0.441. The van der Waals surface area contributed by atoms with E-state index in [1.165, 1.54) is 0 Å². The van der Waals surface area contributed by atoms with Crippen molar-refractivity contribution in [1.82, 2.24) is 19.9 Å². The maximum atomic E-state index is 11.2. The first kappa shape index (κ1) is 11.7. The molecule has 0 aliphatic rings. The number of benzene rings is 1. The molecule has 0 spiro atoms. The Kier molecular flexibility index (Phi) is 2.72. The van der Waals surface area contributed by atoms with Crippen LogP contribution in [0.25, 0.3) is 22.4 Å². The van der Waals surface area contributed by atoms with Crippen molar-refractivity contribution in [2.75, 3.05) is 7.05 Å². The lowest BCUT2D eigenvalue weighted by Crippen LogP contribution is -2.09. The lowest BCUT2D eigenvalue weighted by molar-refractivity contribution is 0.555. The Balaban J connectivity index is 2.15. The lowest BCUT2D eigenvalue weighted by atomic mass is 10.1. The summed E-state index contributed by atoms with van der Waals surface area (Å²) in [6.07, 6.45) is 1.78. The number of hydrogen-bond acceptors (Lipinski definition) is 4. The third-order valence-electron chi connectivity index (χ3n) is 3.10. The van der Waals surface area contributed by atoms with Crippen molar-refractivity contribution in [3.05, 3.63) is 40.8 Å². The van der Waals surface area contributed by atoms with Crippen LogP contribution >= 0.6 is 0 Å². The lowest BCUT2D eigenvalue weighted by Gasteiger charge is -2.05. The van der Waals surface area contributed by atoms with Gasteiger partial charge in [0.2, 0.25) is 0 Å². The third kappa shape index (κ3) is 1.96. The van der Waals surface area contributed by atoms with Crippen LogP contribution in [0, 0.1) is 0 Å². The number of hydrogen-bond donors (Lipinski definition) is 2. The van der Waals surface area contributed by atoms with E-state index >= 15 is 0 Å². The fourth-order valence-corrected chi connectivity index (χ4v) is 2.17. The number of nitrogens with one attached hydrogen (secondary N) is 2. The first-order valence-corrected chi connectivity index (χ1v) is 5.97. The van der Waals surface area contributed by atoms with Gasteiger partial charge in [0, 0.05) is 19.2 Å². The van der Waals surface area contributed by atoms with Crippen LogP contribution < -0.4 is 11.1 Å². The maximum Gasteiger partial charge on any atom is 0.417 e.